The number of nitrogens with zero attached hydrogens (tertiary/aromatic N) is 3. The molecule has 0 spiro atoms. The monoisotopic (exact) mass is 377 g/mol. The number of aromatic nitrogens is 2. The number of hydrogen-bond acceptors (Lipinski definition) is 5. The van der Waals surface area contributed by atoms with Crippen LogP contribution in [-0.2, 0) is 22.5 Å². The van der Waals surface area contributed by atoms with E-state index in [1.54, 1.807) is 35.2 Å². The van der Waals surface area contributed by atoms with Crippen molar-refractivity contribution in [2.24, 2.45) is 0 Å². The van der Waals surface area contributed by atoms with Gasteiger partial charge in [-0.2, -0.15) is 0 Å². The number of rotatable bonds is 3. The summed E-state index contributed by atoms with van der Waals surface area (Å²) in [7, 11) is 1.34. The molecule has 0 N–H and O–H groups in total. The number of carbonyl (C=O) groups is 2. The van der Waals surface area contributed by atoms with Crippen molar-refractivity contribution < 1.29 is 14.3 Å². The van der Waals surface area contributed by atoms with Gasteiger partial charge >= 0.3 is 5.97 Å². The fraction of sp³-hybridized carbons (Fsp3) is 0.238. The Bertz CT molecular complexity index is 1140. The van der Waals surface area contributed by atoms with Gasteiger partial charge in [-0.1, -0.05) is 18.2 Å². The third-order valence-corrected chi connectivity index (χ3v) is 4.99. The molecule has 0 radical (unpaired) electrons. The fourth-order valence-corrected chi connectivity index (χ4v) is 3.63. The molecule has 0 saturated carbocycles. The first-order valence-electron chi connectivity index (χ1n) is 9.05. The summed E-state index contributed by atoms with van der Waals surface area (Å²) in [5, 5.41) is 0.477. The van der Waals surface area contributed by atoms with Crippen LogP contribution in [0.25, 0.3) is 10.9 Å². The fourth-order valence-electron chi connectivity index (χ4n) is 3.63. The number of ether oxygens (including phenoxy) is 1. The van der Waals surface area contributed by atoms with Gasteiger partial charge in [-0.25, -0.2) is 9.78 Å². The first-order chi connectivity index (χ1) is 13.6. The van der Waals surface area contributed by atoms with E-state index in [0.717, 1.165) is 12.0 Å². The average Bonchev–Trinajstić information content (AvgIpc) is 2.74. The lowest BCUT2D eigenvalue weighted by Crippen LogP contribution is -2.40. The van der Waals surface area contributed by atoms with Crippen LogP contribution in [0.3, 0.4) is 0 Å². The van der Waals surface area contributed by atoms with E-state index in [-0.39, 0.29) is 18.0 Å². The van der Waals surface area contributed by atoms with Crippen LogP contribution in [0.2, 0.25) is 0 Å². The Labute approximate surface area is 161 Å². The zero-order valence-electron chi connectivity index (χ0n) is 15.4. The second-order valence-electron chi connectivity index (χ2n) is 6.64. The number of benzene rings is 2. The van der Waals surface area contributed by atoms with Crippen LogP contribution < -0.4 is 10.5 Å². The maximum absolute atomic E-state index is 13.0. The van der Waals surface area contributed by atoms with Gasteiger partial charge in [0.1, 0.15) is 6.54 Å². The Balaban J connectivity index is 1.67. The molecule has 1 aliphatic rings. The molecule has 0 atom stereocenters. The van der Waals surface area contributed by atoms with Gasteiger partial charge in [-0.15, -0.1) is 0 Å². The number of fused-ring (bicyclic) bond motifs is 2. The molecule has 0 bridgehead atoms. The van der Waals surface area contributed by atoms with Crippen LogP contribution in [0.4, 0.5) is 5.69 Å². The average molecular weight is 377 g/mol. The van der Waals surface area contributed by atoms with Crippen molar-refractivity contribution in [2.45, 2.75) is 19.4 Å². The van der Waals surface area contributed by atoms with Crippen LogP contribution in [0.1, 0.15) is 22.3 Å². The van der Waals surface area contributed by atoms with Gasteiger partial charge in [0.25, 0.3) is 5.56 Å². The number of anilines is 1. The van der Waals surface area contributed by atoms with Crippen molar-refractivity contribution in [3.63, 3.8) is 0 Å². The maximum atomic E-state index is 13.0. The molecular weight excluding hydrogens is 358 g/mol. The molecule has 7 heteroatoms. The number of esters is 1. The SMILES string of the molecule is COC(=O)c1cccc2c1CCCN2C(=O)Cn1cnc2ccccc2c1=O. The van der Waals surface area contributed by atoms with Crippen molar-refractivity contribution in [2.75, 3.05) is 18.6 Å². The van der Waals surface area contributed by atoms with E-state index >= 15 is 0 Å². The molecule has 4 rings (SSSR count). The predicted octanol–water partition coefficient (Wildman–Crippen LogP) is 2.16. The van der Waals surface area contributed by atoms with Crippen molar-refractivity contribution in [1.29, 1.82) is 0 Å². The van der Waals surface area contributed by atoms with Gasteiger partial charge < -0.3 is 9.64 Å². The van der Waals surface area contributed by atoms with E-state index in [1.165, 1.54) is 18.0 Å². The molecule has 1 amide bonds. The number of hydrogen-bond donors (Lipinski definition) is 0. The summed E-state index contributed by atoms with van der Waals surface area (Å²) in [5.74, 6) is -0.636. The zero-order chi connectivity index (χ0) is 19.7. The Morgan fingerprint density at radius 1 is 1.14 bits per heavy atom. The Hall–Kier alpha value is -3.48. The van der Waals surface area contributed by atoms with E-state index in [2.05, 4.69) is 4.98 Å². The van der Waals surface area contributed by atoms with E-state index in [0.29, 0.717) is 35.1 Å². The first-order valence-corrected chi connectivity index (χ1v) is 9.05. The number of para-hydroxylation sites is 1. The second kappa shape index (κ2) is 7.26. The Morgan fingerprint density at radius 3 is 2.79 bits per heavy atom. The van der Waals surface area contributed by atoms with Crippen LogP contribution in [0.15, 0.2) is 53.6 Å². The molecule has 3 aromatic rings. The second-order valence-corrected chi connectivity index (χ2v) is 6.64. The summed E-state index contributed by atoms with van der Waals surface area (Å²) in [6.07, 6.45) is 2.83. The molecule has 2 heterocycles. The smallest absolute Gasteiger partial charge is 0.338 e. The van der Waals surface area contributed by atoms with Gasteiger partial charge in [0, 0.05) is 12.2 Å². The van der Waals surface area contributed by atoms with Crippen molar-refractivity contribution in [3.8, 4) is 0 Å². The minimum Gasteiger partial charge on any atom is -0.465 e. The lowest BCUT2D eigenvalue weighted by atomic mass is 9.96. The third-order valence-electron chi connectivity index (χ3n) is 4.99. The molecule has 0 saturated heterocycles. The van der Waals surface area contributed by atoms with E-state index in [1.807, 2.05) is 12.1 Å². The minimum atomic E-state index is -0.416. The van der Waals surface area contributed by atoms with E-state index < -0.39 is 5.97 Å². The van der Waals surface area contributed by atoms with Crippen molar-refractivity contribution >= 4 is 28.5 Å². The molecule has 0 fully saturated rings. The van der Waals surface area contributed by atoms with Crippen molar-refractivity contribution in [3.05, 3.63) is 70.3 Å². The highest BCUT2D eigenvalue weighted by atomic mass is 16.5. The topological polar surface area (TPSA) is 81.5 Å². The summed E-state index contributed by atoms with van der Waals surface area (Å²) in [6.45, 7) is 0.421. The predicted molar refractivity (Wildman–Crippen MR) is 104 cm³/mol. The number of methoxy groups -OCH3 is 1. The lowest BCUT2D eigenvalue weighted by Gasteiger charge is -2.30. The van der Waals surface area contributed by atoms with Gasteiger partial charge in [0.15, 0.2) is 0 Å². The van der Waals surface area contributed by atoms with Crippen LogP contribution in [0.5, 0.6) is 0 Å². The van der Waals surface area contributed by atoms with E-state index in [4.69, 9.17) is 4.74 Å². The zero-order valence-corrected chi connectivity index (χ0v) is 15.4. The van der Waals surface area contributed by atoms with Gasteiger partial charge in [-0.05, 0) is 42.7 Å². The summed E-state index contributed by atoms with van der Waals surface area (Å²) >= 11 is 0. The van der Waals surface area contributed by atoms with Gasteiger partial charge in [-0.3, -0.25) is 14.2 Å². The Kier molecular flexibility index (Phi) is 4.65. The van der Waals surface area contributed by atoms with Crippen LogP contribution in [-0.4, -0.2) is 35.1 Å². The molecule has 2 aromatic carbocycles. The molecule has 142 valence electrons. The molecule has 7 nitrogen and oxygen atoms in total. The lowest BCUT2D eigenvalue weighted by molar-refractivity contribution is -0.119. The third kappa shape index (κ3) is 3.05. The number of amides is 1. The van der Waals surface area contributed by atoms with Crippen molar-refractivity contribution in [1.82, 2.24) is 9.55 Å². The van der Waals surface area contributed by atoms with Gasteiger partial charge in [0.2, 0.25) is 5.91 Å². The molecule has 28 heavy (non-hydrogen) atoms. The van der Waals surface area contributed by atoms with Crippen LogP contribution in [0, 0.1) is 0 Å². The molecule has 1 aromatic heterocycles. The first kappa shape index (κ1) is 17.9. The van der Waals surface area contributed by atoms with E-state index in [9.17, 15) is 14.4 Å². The molecule has 0 aliphatic carbocycles. The quantitative estimate of drug-likeness (QED) is 0.654. The minimum absolute atomic E-state index is 0.113. The highest BCUT2D eigenvalue weighted by Gasteiger charge is 2.26. The van der Waals surface area contributed by atoms with Crippen LogP contribution >= 0.6 is 0 Å². The summed E-state index contributed by atoms with van der Waals surface area (Å²) in [5.41, 5.74) is 2.32. The highest BCUT2D eigenvalue weighted by molar-refractivity contribution is 5.98. The molecule has 1 aliphatic heterocycles. The molecular formula is C21H19N3O4. The Morgan fingerprint density at radius 2 is 1.96 bits per heavy atom. The standard InChI is InChI=1S/C21H19N3O4/c1-28-21(27)15-7-4-10-18-14(15)8-5-11-24(18)19(25)12-23-13-22-17-9-3-2-6-16(17)20(23)26/h2-4,6-7,9-10,13H,5,8,11-12H2,1H3. The summed E-state index contributed by atoms with van der Waals surface area (Å²) in [4.78, 5) is 43.6. The molecule has 0 unspecified atom stereocenters. The summed E-state index contributed by atoms with van der Waals surface area (Å²) < 4.78 is 6.18. The maximum Gasteiger partial charge on any atom is 0.338 e. The highest BCUT2D eigenvalue weighted by Crippen LogP contribution is 2.30. The number of carbonyl (C=O) groups excluding carboxylic acids is 2. The largest absolute Gasteiger partial charge is 0.465 e. The summed E-state index contributed by atoms with van der Waals surface area (Å²) in [6, 6.07) is 12.3. The normalized spacial score (nSPS) is 13.2. The van der Waals surface area contributed by atoms with Gasteiger partial charge in [0.05, 0.1) is 29.9 Å².